The second-order valence-electron chi connectivity index (χ2n) is 3.28. The van der Waals surface area contributed by atoms with Crippen LogP contribution < -0.4 is 4.74 Å². The minimum atomic E-state index is -4.73. The molecule has 1 aromatic rings. The predicted molar refractivity (Wildman–Crippen MR) is 47.1 cm³/mol. The van der Waals surface area contributed by atoms with Crippen molar-refractivity contribution >= 4 is 5.78 Å². The van der Waals surface area contributed by atoms with E-state index in [-0.39, 0.29) is 24.7 Å². The average Bonchev–Trinajstić information content (AvgIpc) is 2.15. The Morgan fingerprint density at radius 3 is 2.69 bits per heavy atom. The molecule has 0 N–H and O–H groups in total. The molecule has 0 saturated carbocycles. The third kappa shape index (κ3) is 2.33. The summed E-state index contributed by atoms with van der Waals surface area (Å²) in [5.74, 6) is -0.579. The zero-order valence-corrected chi connectivity index (χ0v) is 8.00. The molecule has 0 amide bonds. The molecule has 0 unspecified atom stereocenters. The average molecular weight is 232 g/mol. The Labute approximate surface area is 88.8 Å². The summed E-state index contributed by atoms with van der Waals surface area (Å²) >= 11 is 0. The number of halogens is 3. The largest absolute Gasteiger partial charge is 0.573 e. The number of fused-ring (bicyclic) bond motifs is 1. The van der Waals surface area contributed by atoms with Gasteiger partial charge in [-0.2, -0.15) is 0 Å². The van der Waals surface area contributed by atoms with Crippen LogP contribution in [-0.4, -0.2) is 18.8 Å². The van der Waals surface area contributed by atoms with Gasteiger partial charge in [-0.3, -0.25) is 4.79 Å². The van der Waals surface area contributed by atoms with E-state index in [1.807, 2.05) is 0 Å². The van der Waals surface area contributed by atoms with Gasteiger partial charge in [0.1, 0.15) is 12.4 Å². The number of Topliss-reactive ketones (excluding diaryl/α,β-unsaturated/α-hetero) is 1. The van der Waals surface area contributed by atoms with Crippen molar-refractivity contribution < 1.29 is 27.4 Å². The second-order valence-corrected chi connectivity index (χ2v) is 3.28. The quantitative estimate of drug-likeness (QED) is 0.745. The Balaban J connectivity index is 2.29. The number of ether oxygens (including phenoxy) is 2. The fourth-order valence-electron chi connectivity index (χ4n) is 1.49. The third-order valence-electron chi connectivity index (χ3n) is 2.10. The maximum Gasteiger partial charge on any atom is 0.573 e. The van der Waals surface area contributed by atoms with E-state index in [1.54, 1.807) is 0 Å². The summed E-state index contributed by atoms with van der Waals surface area (Å²) in [6.07, 6.45) is -4.73. The summed E-state index contributed by atoms with van der Waals surface area (Å²) in [5, 5.41) is 0. The Morgan fingerprint density at radius 2 is 2.00 bits per heavy atom. The highest BCUT2D eigenvalue weighted by Crippen LogP contribution is 2.27. The zero-order chi connectivity index (χ0) is 11.8. The van der Waals surface area contributed by atoms with Gasteiger partial charge in [-0.05, 0) is 23.8 Å². The lowest BCUT2D eigenvalue weighted by molar-refractivity contribution is -0.274. The summed E-state index contributed by atoms with van der Waals surface area (Å²) in [6.45, 7) is 0.0859. The molecule has 0 aromatic heterocycles. The molecule has 0 aliphatic carbocycles. The van der Waals surface area contributed by atoms with Crippen LogP contribution >= 0.6 is 0 Å². The maximum absolute atomic E-state index is 11.9. The molecule has 0 spiro atoms. The first-order chi connectivity index (χ1) is 7.46. The molecule has 0 atom stereocenters. The van der Waals surface area contributed by atoms with Crippen LogP contribution in [0.1, 0.15) is 15.9 Å². The first kappa shape index (κ1) is 10.9. The van der Waals surface area contributed by atoms with Crippen LogP contribution in [0.25, 0.3) is 0 Å². The lowest BCUT2D eigenvalue weighted by atomic mass is 10.0. The van der Waals surface area contributed by atoms with Crippen molar-refractivity contribution in [1.82, 2.24) is 0 Å². The van der Waals surface area contributed by atoms with E-state index < -0.39 is 6.36 Å². The minimum Gasteiger partial charge on any atom is -0.406 e. The van der Waals surface area contributed by atoms with Crippen molar-refractivity contribution in [2.75, 3.05) is 6.61 Å². The van der Waals surface area contributed by atoms with Gasteiger partial charge in [0.25, 0.3) is 0 Å². The van der Waals surface area contributed by atoms with E-state index in [0.29, 0.717) is 11.1 Å². The molecule has 3 nitrogen and oxygen atoms in total. The summed E-state index contributed by atoms with van der Waals surface area (Å²) in [7, 11) is 0. The molecule has 16 heavy (non-hydrogen) atoms. The van der Waals surface area contributed by atoms with Crippen molar-refractivity contribution in [3.8, 4) is 5.75 Å². The smallest absolute Gasteiger partial charge is 0.406 e. The molecule has 0 saturated heterocycles. The Morgan fingerprint density at radius 1 is 1.25 bits per heavy atom. The van der Waals surface area contributed by atoms with Crippen LogP contribution in [0.4, 0.5) is 13.2 Å². The molecular formula is C10H7F3O3. The first-order valence-electron chi connectivity index (χ1n) is 4.45. The molecule has 0 bridgehead atoms. The molecule has 86 valence electrons. The number of ketones is 1. The number of hydrogen-bond donors (Lipinski definition) is 0. The number of carbonyl (C=O) groups excluding carboxylic acids is 1. The van der Waals surface area contributed by atoms with Gasteiger partial charge in [-0.1, -0.05) is 0 Å². The summed E-state index contributed by atoms with van der Waals surface area (Å²) in [6, 6.07) is 3.61. The summed E-state index contributed by atoms with van der Waals surface area (Å²) in [5.41, 5.74) is 0.804. The van der Waals surface area contributed by atoms with Crippen molar-refractivity contribution in [3.05, 3.63) is 29.3 Å². The van der Waals surface area contributed by atoms with Gasteiger partial charge in [0, 0.05) is 5.56 Å². The van der Waals surface area contributed by atoms with Gasteiger partial charge in [0.05, 0.1) is 6.61 Å². The van der Waals surface area contributed by atoms with Gasteiger partial charge >= 0.3 is 6.36 Å². The Bertz CT molecular complexity index is 426. The lowest BCUT2D eigenvalue weighted by Crippen LogP contribution is -2.20. The lowest BCUT2D eigenvalue weighted by Gasteiger charge is -2.16. The van der Waals surface area contributed by atoms with Gasteiger partial charge in [0.15, 0.2) is 5.78 Å². The molecule has 2 rings (SSSR count). The van der Waals surface area contributed by atoms with E-state index >= 15 is 0 Å². The number of hydrogen-bond acceptors (Lipinski definition) is 3. The fraction of sp³-hybridized carbons (Fsp3) is 0.300. The van der Waals surface area contributed by atoms with Gasteiger partial charge < -0.3 is 9.47 Å². The van der Waals surface area contributed by atoms with Crippen LogP contribution in [0.15, 0.2) is 18.2 Å². The van der Waals surface area contributed by atoms with E-state index in [4.69, 9.17) is 4.74 Å². The molecule has 6 heteroatoms. The SMILES string of the molecule is O=C1COCc2cc(OC(F)(F)F)ccc21. The molecule has 0 fully saturated rings. The standard InChI is InChI=1S/C10H7F3O3/c11-10(12,13)16-7-1-2-8-6(3-7)4-15-5-9(8)14/h1-3H,4-5H2. The molecule has 1 heterocycles. The van der Waals surface area contributed by atoms with Crippen LogP contribution in [-0.2, 0) is 11.3 Å². The molecular weight excluding hydrogens is 225 g/mol. The van der Waals surface area contributed by atoms with Gasteiger partial charge in [-0.15, -0.1) is 13.2 Å². The number of alkyl halides is 3. The van der Waals surface area contributed by atoms with Gasteiger partial charge in [0.2, 0.25) is 0 Å². The number of carbonyl (C=O) groups is 1. The number of benzene rings is 1. The van der Waals surface area contributed by atoms with Crippen molar-refractivity contribution in [1.29, 1.82) is 0 Å². The van der Waals surface area contributed by atoms with E-state index in [0.717, 1.165) is 6.07 Å². The molecule has 1 aliphatic rings. The maximum atomic E-state index is 11.9. The fourth-order valence-corrected chi connectivity index (χ4v) is 1.49. The van der Waals surface area contributed by atoms with Crippen LogP contribution in [0, 0.1) is 0 Å². The van der Waals surface area contributed by atoms with Crippen LogP contribution in [0.3, 0.4) is 0 Å². The highest BCUT2D eigenvalue weighted by Gasteiger charge is 2.31. The zero-order valence-electron chi connectivity index (χ0n) is 8.00. The summed E-state index contributed by atoms with van der Waals surface area (Å²) in [4.78, 5) is 11.3. The third-order valence-corrected chi connectivity index (χ3v) is 2.10. The van der Waals surface area contributed by atoms with Crippen molar-refractivity contribution in [2.24, 2.45) is 0 Å². The Kier molecular flexibility index (Phi) is 2.59. The summed E-state index contributed by atoms with van der Waals surface area (Å²) < 4.78 is 44.4. The van der Waals surface area contributed by atoms with Crippen LogP contribution in [0.2, 0.25) is 0 Å². The van der Waals surface area contributed by atoms with Gasteiger partial charge in [-0.25, -0.2) is 0 Å². The molecule has 0 radical (unpaired) electrons. The molecule has 1 aliphatic heterocycles. The highest BCUT2D eigenvalue weighted by molar-refractivity contribution is 5.99. The second kappa shape index (κ2) is 3.79. The molecule has 1 aromatic carbocycles. The first-order valence-corrected chi connectivity index (χ1v) is 4.45. The number of rotatable bonds is 1. The van der Waals surface area contributed by atoms with E-state index in [1.165, 1.54) is 12.1 Å². The van der Waals surface area contributed by atoms with E-state index in [9.17, 15) is 18.0 Å². The van der Waals surface area contributed by atoms with E-state index in [2.05, 4.69) is 4.74 Å². The van der Waals surface area contributed by atoms with Crippen molar-refractivity contribution in [3.63, 3.8) is 0 Å². The monoisotopic (exact) mass is 232 g/mol. The normalized spacial score (nSPS) is 15.8. The minimum absolute atomic E-state index is 0.0352. The topological polar surface area (TPSA) is 35.5 Å². The van der Waals surface area contributed by atoms with Crippen molar-refractivity contribution in [2.45, 2.75) is 13.0 Å². The van der Waals surface area contributed by atoms with Crippen LogP contribution in [0.5, 0.6) is 5.75 Å². The highest BCUT2D eigenvalue weighted by atomic mass is 19.4. The predicted octanol–water partition coefficient (Wildman–Crippen LogP) is 2.30. The Hall–Kier alpha value is -1.56.